The van der Waals surface area contributed by atoms with Crippen LogP contribution < -0.4 is 0 Å². The van der Waals surface area contributed by atoms with Crippen LogP contribution in [0, 0.1) is 5.92 Å². The highest BCUT2D eigenvalue weighted by atomic mass is 16.7. The van der Waals surface area contributed by atoms with Crippen LogP contribution in [0.5, 0.6) is 0 Å². The van der Waals surface area contributed by atoms with E-state index in [-0.39, 0.29) is 5.92 Å². The topological polar surface area (TPSA) is 120 Å². The lowest BCUT2D eigenvalue weighted by atomic mass is 9.75. The quantitative estimate of drug-likeness (QED) is 0.432. The minimum absolute atomic E-state index is 0.0748. The van der Waals surface area contributed by atoms with Crippen LogP contribution in [-0.2, 0) is 9.47 Å². The zero-order chi connectivity index (χ0) is 17.4. The van der Waals surface area contributed by atoms with E-state index in [1.807, 2.05) is 20.8 Å². The van der Waals surface area contributed by atoms with Crippen molar-refractivity contribution in [3.05, 3.63) is 11.6 Å². The van der Waals surface area contributed by atoms with Gasteiger partial charge < -0.3 is 35.0 Å². The van der Waals surface area contributed by atoms with Crippen molar-refractivity contribution < 1.29 is 35.0 Å². The molecule has 7 nitrogen and oxygen atoms in total. The number of ether oxygens (including phenoxy) is 2. The van der Waals surface area contributed by atoms with Crippen LogP contribution >= 0.6 is 0 Å². The first-order valence-corrected chi connectivity index (χ1v) is 8.06. The molecule has 0 radical (unpaired) electrons. The summed E-state index contributed by atoms with van der Waals surface area (Å²) in [5.74, 6) is -0.0748. The predicted octanol–water partition coefficient (Wildman–Crippen LogP) is -0.701. The van der Waals surface area contributed by atoms with E-state index in [1.54, 1.807) is 6.08 Å². The molecule has 0 amide bonds. The minimum atomic E-state index is -1.49. The first-order valence-electron chi connectivity index (χ1n) is 8.06. The van der Waals surface area contributed by atoms with E-state index >= 15 is 0 Å². The largest absolute Gasteiger partial charge is 0.394 e. The van der Waals surface area contributed by atoms with Crippen LogP contribution in [0.3, 0.4) is 0 Å². The minimum Gasteiger partial charge on any atom is -0.394 e. The Balaban J connectivity index is 2.23. The summed E-state index contributed by atoms with van der Waals surface area (Å²) >= 11 is 0. The van der Waals surface area contributed by atoms with Gasteiger partial charge in [-0.25, -0.2) is 0 Å². The Labute approximate surface area is 136 Å². The Morgan fingerprint density at radius 1 is 1.22 bits per heavy atom. The van der Waals surface area contributed by atoms with E-state index in [9.17, 15) is 25.5 Å². The summed E-state index contributed by atoms with van der Waals surface area (Å²) in [4.78, 5) is 0. The smallest absolute Gasteiger partial charge is 0.187 e. The van der Waals surface area contributed by atoms with Crippen LogP contribution in [0.1, 0.15) is 33.6 Å². The van der Waals surface area contributed by atoms with Gasteiger partial charge in [0.05, 0.1) is 6.61 Å². The van der Waals surface area contributed by atoms with Gasteiger partial charge in [0.15, 0.2) is 6.29 Å². The maximum Gasteiger partial charge on any atom is 0.187 e. The molecule has 7 atom stereocenters. The Morgan fingerprint density at radius 2 is 1.87 bits per heavy atom. The SMILES string of the molecule is CC1=CC(O)C(OC2OC(CO)C(O)C(O)C2O)(C(C)C)CC1. The number of allylic oxidation sites excluding steroid dienone is 1. The zero-order valence-electron chi connectivity index (χ0n) is 13.8. The second-order valence-electron chi connectivity index (χ2n) is 6.88. The predicted molar refractivity (Wildman–Crippen MR) is 81.4 cm³/mol. The van der Waals surface area contributed by atoms with E-state index in [0.29, 0.717) is 6.42 Å². The van der Waals surface area contributed by atoms with Crippen molar-refractivity contribution in [3.63, 3.8) is 0 Å². The molecule has 2 rings (SSSR count). The van der Waals surface area contributed by atoms with E-state index in [0.717, 1.165) is 12.0 Å². The monoisotopic (exact) mass is 332 g/mol. The molecular weight excluding hydrogens is 304 g/mol. The summed E-state index contributed by atoms with van der Waals surface area (Å²) in [7, 11) is 0. The fourth-order valence-electron chi connectivity index (χ4n) is 3.31. The fourth-order valence-corrected chi connectivity index (χ4v) is 3.31. The number of hydrogen-bond donors (Lipinski definition) is 5. The van der Waals surface area contributed by atoms with Crippen LogP contribution in [-0.4, -0.2) is 74.6 Å². The van der Waals surface area contributed by atoms with Gasteiger partial charge in [0, 0.05) is 0 Å². The molecule has 0 saturated carbocycles. The highest BCUT2D eigenvalue weighted by Gasteiger charge is 2.50. The van der Waals surface area contributed by atoms with Crippen molar-refractivity contribution in [2.24, 2.45) is 5.92 Å². The van der Waals surface area contributed by atoms with Gasteiger partial charge in [-0.05, 0) is 25.7 Å². The van der Waals surface area contributed by atoms with E-state index in [2.05, 4.69) is 0 Å². The molecule has 134 valence electrons. The summed E-state index contributed by atoms with van der Waals surface area (Å²) in [5.41, 5.74) is 0.0962. The number of hydrogen-bond acceptors (Lipinski definition) is 7. The Hall–Kier alpha value is -0.540. The van der Waals surface area contributed by atoms with Gasteiger partial charge in [0.1, 0.15) is 36.1 Å². The molecule has 23 heavy (non-hydrogen) atoms. The van der Waals surface area contributed by atoms with Gasteiger partial charge in [0.2, 0.25) is 0 Å². The molecule has 1 aliphatic heterocycles. The second-order valence-corrected chi connectivity index (χ2v) is 6.88. The average Bonchev–Trinajstić information content (AvgIpc) is 2.50. The molecule has 7 unspecified atom stereocenters. The Morgan fingerprint density at radius 3 is 2.39 bits per heavy atom. The van der Waals surface area contributed by atoms with E-state index in [4.69, 9.17) is 9.47 Å². The maximum atomic E-state index is 10.5. The fraction of sp³-hybridized carbons (Fsp3) is 0.875. The van der Waals surface area contributed by atoms with Gasteiger partial charge in [-0.2, -0.15) is 0 Å². The molecule has 1 fully saturated rings. The number of rotatable bonds is 4. The van der Waals surface area contributed by atoms with Gasteiger partial charge in [-0.15, -0.1) is 0 Å². The van der Waals surface area contributed by atoms with Crippen LogP contribution in [0.25, 0.3) is 0 Å². The van der Waals surface area contributed by atoms with Gasteiger partial charge in [-0.1, -0.05) is 25.5 Å². The highest BCUT2D eigenvalue weighted by Crippen LogP contribution is 2.40. The van der Waals surface area contributed by atoms with Gasteiger partial charge >= 0.3 is 0 Å². The van der Waals surface area contributed by atoms with E-state index < -0.39 is 49.0 Å². The first kappa shape index (κ1) is 18.8. The van der Waals surface area contributed by atoms with Crippen molar-refractivity contribution in [1.82, 2.24) is 0 Å². The maximum absolute atomic E-state index is 10.5. The first-order chi connectivity index (χ1) is 10.7. The summed E-state index contributed by atoms with van der Waals surface area (Å²) in [6, 6.07) is 0. The van der Waals surface area contributed by atoms with Crippen LogP contribution in [0.4, 0.5) is 0 Å². The van der Waals surface area contributed by atoms with Gasteiger partial charge in [-0.3, -0.25) is 0 Å². The molecule has 5 N–H and O–H groups in total. The molecule has 0 aromatic rings. The lowest BCUT2D eigenvalue weighted by Crippen LogP contribution is -2.63. The Kier molecular flexibility index (Phi) is 5.84. The van der Waals surface area contributed by atoms with Crippen LogP contribution in [0.2, 0.25) is 0 Å². The van der Waals surface area contributed by atoms with Crippen molar-refractivity contribution in [2.45, 2.75) is 76.0 Å². The van der Waals surface area contributed by atoms with Crippen molar-refractivity contribution >= 4 is 0 Å². The molecule has 0 aromatic heterocycles. The average molecular weight is 332 g/mol. The Bertz CT molecular complexity index is 436. The van der Waals surface area contributed by atoms with Crippen molar-refractivity contribution in [1.29, 1.82) is 0 Å². The zero-order valence-corrected chi connectivity index (χ0v) is 13.8. The lowest BCUT2D eigenvalue weighted by Gasteiger charge is -2.48. The third-order valence-electron chi connectivity index (χ3n) is 5.01. The molecule has 0 spiro atoms. The third-order valence-corrected chi connectivity index (χ3v) is 5.01. The van der Waals surface area contributed by atoms with E-state index in [1.165, 1.54) is 0 Å². The molecule has 0 bridgehead atoms. The molecule has 0 aromatic carbocycles. The molecule has 1 aliphatic carbocycles. The second kappa shape index (κ2) is 7.14. The molecule has 2 aliphatic rings. The van der Waals surface area contributed by atoms with Crippen molar-refractivity contribution in [2.75, 3.05) is 6.61 Å². The number of aliphatic hydroxyl groups excluding tert-OH is 5. The van der Waals surface area contributed by atoms with Crippen LogP contribution in [0.15, 0.2) is 11.6 Å². The highest BCUT2D eigenvalue weighted by molar-refractivity contribution is 5.15. The molecule has 1 saturated heterocycles. The molecule has 1 heterocycles. The summed E-state index contributed by atoms with van der Waals surface area (Å²) in [6.07, 6.45) is -4.51. The molecular formula is C16H28O7. The summed E-state index contributed by atoms with van der Waals surface area (Å²) < 4.78 is 11.4. The standard InChI is InChI=1S/C16H28O7/c1-8(2)16(5-4-9(3)6-11(16)18)23-15-14(21)13(20)12(19)10(7-17)22-15/h6,8,10-15,17-21H,4-5,7H2,1-3H3. The third kappa shape index (κ3) is 3.46. The van der Waals surface area contributed by atoms with Crippen molar-refractivity contribution in [3.8, 4) is 0 Å². The lowest BCUT2D eigenvalue weighted by molar-refractivity contribution is -0.341. The van der Waals surface area contributed by atoms with Gasteiger partial charge in [0.25, 0.3) is 0 Å². The normalized spacial score (nSPS) is 45.2. The molecule has 7 heteroatoms. The number of aliphatic hydroxyl groups is 5. The summed E-state index contributed by atoms with van der Waals surface area (Å²) in [6.45, 7) is 5.23. The summed E-state index contributed by atoms with van der Waals surface area (Å²) in [5, 5.41) is 49.6.